The van der Waals surface area contributed by atoms with E-state index in [1.807, 2.05) is 0 Å². The number of nitrogens with zero attached hydrogens (tertiary/aromatic N) is 1. The molecular weight excluding hydrogens is 218 g/mol. The highest BCUT2D eigenvalue weighted by atomic mass is 15.2. The van der Waals surface area contributed by atoms with Gasteiger partial charge < -0.3 is 0 Å². The first-order chi connectivity index (χ1) is 8.57. The average Bonchev–Trinajstić information content (AvgIpc) is 2.70. The molecule has 0 amide bonds. The van der Waals surface area contributed by atoms with Crippen LogP contribution in [-0.4, -0.2) is 23.0 Å². The summed E-state index contributed by atoms with van der Waals surface area (Å²) >= 11 is 0. The molecule has 0 radical (unpaired) electrons. The molecule has 0 aromatic carbocycles. The zero-order valence-electron chi connectivity index (χ0n) is 12.9. The lowest BCUT2D eigenvalue weighted by Gasteiger charge is -2.50. The number of hydrogen-bond donors (Lipinski definition) is 0. The summed E-state index contributed by atoms with van der Waals surface area (Å²) in [4.78, 5) is 2.80. The van der Waals surface area contributed by atoms with Crippen LogP contribution < -0.4 is 0 Å². The lowest BCUT2D eigenvalue weighted by Crippen LogP contribution is -2.55. The lowest BCUT2D eigenvalue weighted by molar-refractivity contribution is 0.00213. The van der Waals surface area contributed by atoms with Crippen molar-refractivity contribution in [3.63, 3.8) is 0 Å². The fourth-order valence-electron chi connectivity index (χ4n) is 4.30. The van der Waals surface area contributed by atoms with E-state index >= 15 is 0 Å². The second-order valence-electron chi connectivity index (χ2n) is 7.38. The third kappa shape index (κ3) is 3.10. The molecule has 2 aliphatic rings. The van der Waals surface area contributed by atoms with Gasteiger partial charge in [0.1, 0.15) is 0 Å². The van der Waals surface area contributed by atoms with Crippen molar-refractivity contribution in [3.8, 4) is 0 Å². The Morgan fingerprint density at radius 3 is 1.11 bits per heavy atom. The van der Waals surface area contributed by atoms with Gasteiger partial charge in [0.15, 0.2) is 0 Å². The summed E-state index contributed by atoms with van der Waals surface area (Å²) in [5, 5.41) is 0. The highest BCUT2D eigenvalue weighted by molar-refractivity contribution is 4.96. The molecule has 0 bridgehead atoms. The van der Waals surface area contributed by atoms with E-state index in [1.165, 1.54) is 77.0 Å². The summed E-state index contributed by atoms with van der Waals surface area (Å²) in [5.74, 6) is 0. The largest absolute Gasteiger partial charge is 0.296 e. The van der Waals surface area contributed by atoms with Gasteiger partial charge >= 0.3 is 0 Å². The monoisotopic (exact) mass is 251 g/mol. The third-order valence-corrected chi connectivity index (χ3v) is 5.98. The Hall–Kier alpha value is -0.0400. The molecule has 0 unspecified atom stereocenters. The molecule has 2 rings (SSSR count). The zero-order valence-corrected chi connectivity index (χ0v) is 12.9. The molecule has 106 valence electrons. The average molecular weight is 251 g/mol. The molecular formula is C17H33N. The molecule has 0 aliphatic heterocycles. The predicted molar refractivity (Wildman–Crippen MR) is 80.0 cm³/mol. The maximum atomic E-state index is 2.80. The molecule has 0 heterocycles. The first-order valence-corrected chi connectivity index (χ1v) is 8.31. The molecule has 0 atom stereocenters. The SMILES string of the molecule is CN(C1(C)CCCCCC1)C1(C)CCCCCC1. The second kappa shape index (κ2) is 5.94. The third-order valence-electron chi connectivity index (χ3n) is 5.98. The first kappa shape index (κ1) is 14.4. The van der Waals surface area contributed by atoms with Gasteiger partial charge in [0.2, 0.25) is 0 Å². The van der Waals surface area contributed by atoms with Crippen LogP contribution >= 0.6 is 0 Å². The van der Waals surface area contributed by atoms with Gasteiger partial charge in [-0.25, -0.2) is 0 Å². The number of hydrogen-bond acceptors (Lipinski definition) is 1. The molecule has 1 heteroatoms. The smallest absolute Gasteiger partial charge is 0.0183 e. The minimum atomic E-state index is 0.468. The van der Waals surface area contributed by atoms with E-state index in [0.717, 1.165) is 0 Å². The van der Waals surface area contributed by atoms with Gasteiger partial charge in [0.05, 0.1) is 0 Å². The van der Waals surface area contributed by atoms with Crippen molar-refractivity contribution in [3.05, 3.63) is 0 Å². The fraction of sp³-hybridized carbons (Fsp3) is 1.00. The molecule has 2 aliphatic carbocycles. The normalized spacial score (nSPS) is 28.7. The highest BCUT2D eigenvalue weighted by Crippen LogP contribution is 2.40. The van der Waals surface area contributed by atoms with Gasteiger partial charge in [-0.15, -0.1) is 0 Å². The fourth-order valence-corrected chi connectivity index (χ4v) is 4.30. The van der Waals surface area contributed by atoms with E-state index in [2.05, 4.69) is 25.8 Å². The Balaban J connectivity index is 2.09. The van der Waals surface area contributed by atoms with Crippen LogP contribution in [0.2, 0.25) is 0 Å². The standard InChI is InChI=1S/C17H33N/c1-16(12-8-4-5-9-13-16)18(3)17(2)14-10-6-7-11-15-17/h4-15H2,1-3H3. The summed E-state index contributed by atoms with van der Waals surface area (Å²) in [6.07, 6.45) is 17.3. The van der Waals surface area contributed by atoms with Gasteiger partial charge in [-0.05, 0) is 46.6 Å². The first-order valence-electron chi connectivity index (χ1n) is 8.31. The molecule has 0 saturated heterocycles. The quantitative estimate of drug-likeness (QED) is 0.614. The van der Waals surface area contributed by atoms with Crippen LogP contribution in [0.1, 0.15) is 90.9 Å². The van der Waals surface area contributed by atoms with Gasteiger partial charge in [0, 0.05) is 11.1 Å². The van der Waals surface area contributed by atoms with Crippen LogP contribution in [0.15, 0.2) is 0 Å². The predicted octanol–water partition coefficient (Wildman–Crippen LogP) is 5.14. The molecule has 1 nitrogen and oxygen atoms in total. The van der Waals surface area contributed by atoms with E-state index in [0.29, 0.717) is 11.1 Å². The molecule has 2 fully saturated rings. The minimum Gasteiger partial charge on any atom is -0.296 e. The van der Waals surface area contributed by atoms with E-state index < -0.39 is 0 Å². The van der Waals surface area contributed by atoms with Crippen LogP contribution in [0.5, 0.6) is 0 Å². The van der Waals surface area contributed by atoms with Gasteiger partial charge in [-0.2, -0.15) is 0 Å². The molecule has 0 N–H and O–H groups in total. The van der Waals surface area contributed by atoms with Crippen molar-refractivity contribution in [1.29, 1.82) is 0 Å². The summed E-state index contributed by atoms with van der Waals surface area (Å²) in [6.45, 7) is 5.07. The van der Waals surface area contributed by atoms with E-state index in [9.17, 15) is 0 Å². The summed E-state index contributed by atoms with van der Waals surface area (Å²) < 4.78 is 0. The molecule has 2 saturated carbocycles. The zero-order chi connectivity index (χ0) is 13.1. The number of rotatable bonds is 2. The maximum absolute atomic E-state index is 2.80. The second-order valence-corrected chi connectivity index (χ2v) is 7.38. The van der Waals surface area contributed by atoms with E-state index in [1.54, 1.807) is 0 Å². The maximum Gasteiger partial charge on any atom is 0.0183 e. The molecule has 18 heavy (non-hydrogen) atoms. The van der Waals surface area contributed by atoms with Gasteiger partial charge in [0.25, 0.3) is 0 Å². The van der Waals surface area contributed by atoms with Crippen molar-refractivity contribution in [2.24, 2.45) is 0 Å². The summed E-state index contributed by atoms with van der Waals surface area (Å²) in [7, 11) is 2.43. The Morgan fingerprint density at radius 1 is 0.556 bits per heavy atom. The molecule has 0 spiro atoms. The summed E-state index contributed by atoms with van der Waals surface area (Å²) in [5.41, 5.74) is 0.936. The lowest BCUT2D eigenvalue weighted by atomic mass is 9.82. The van der Waals surface area contributed by atoms with Crippen LogP contribution in [-0.2, 0) is 0 Å². The van der Waals surface area contributed by atoms with Crippen LogP contribution in [0, 0.1) is 0 Å². The Morgan fingerprint density at radius 2 is 0.833 bits per heavy atom. The van der Waals surface area contributed by atoms with Crippen molar-refractivity contribution >= 4 is 0 Å². The summed E-state index contributed by atoms with van der Waals surface area (Å²) in [6, 6.07) is 0. The van der Waals surface area contributed by atoms with E-state index in [4.69, 9.17) is 0 Å². The molecule has 0 aromatic rings. The minimum absolute atomic E-state index is 0.468. The van der Waals surface area contributed by atoms with Crippen LogP contribution in [0.3, 0.4) is 0 Å². The highest BCUT2D eigenvalue weighted by Gasteiger charge is 2.40. The van der Waals surface area contributed by atoms with Crippen molar-refractivity contribution in [2.45, 2.75) is 102 Å². The van der Waals surface area contributed by atoms with Crippen molar-refractivity contribution in [2.75, 3.05) is 7.05 Å². The van der Waals surface area contributed by atoms with Crippen molar-refractivity contribution in [1.82, 2.24) is 4.90 Å². The van der Waals surface area contributed by atoms with Gasteiger partial charge in [-0.3, -0.25) is 4.90 Å². The topological polar surface area (TPSA) is 3.24 Å². The van der Waals surface area contributed by atoms with Crippen molar-refractivity contribution < 1.29 is 0 Å². The Labute approximate surface area is 114 Å². The molecule has 0 aromatic heterocycles. The van der Waals surface area contributed by atoms with Crippen LogP contribution in [0.4, 0.5) is 0 Å². The van der Waals surface area contributed by atoms with Gasteiger partial charge in [-0.1, -0.05) is 51.4 Å². The van der Waals surface area contributed by atoms with Crippen LogP contribution in [0.25, 0.3) is 0 Å². The van der Waals surface area contributed by atoms with E-state index in [-0.39, 0.29) is 0 Å². The Bertz CT molecular complexity index is 216. The Kier molecular flexibility index (Phi) is 4.75.